The number of para-hydroxylation sites is 1. The van der Waals surface area contributed by atoms with Gasteiger partial charge in [0.15, 0.2) is 0 Å². The highest BCUT2D eigenvalue weighted by molar-refractivity contribution is 5.83. The summed E-state index contributed by atoms with van der Waals surface area (Å²) in [5.74, 6) is 0. The Labute approximate surface area is 66.7 Å². The van der Waals surface area contributed by atoms with E-state index < -0.39 is 0 Å². The topological polar surface area (TPSA) is 12.0 Å². The molecule has 0 unspecified atom stereocenters. The Kier molecular flexibility index (Phi) is 1.42. The van der Waals surface area contributed by atoms with Crippen molar-refractivity contribution >= 4 is 11.3 Å². The molecule has 0 saturated carbocycles. The maximum Gasteiger partial charge on any atom is 0.0419 e. The molecule has 1 aromatic rings. The molecule has 0 atom stereocenters. The Morgan fingerprint density at radius 3 is 3.00 bits per heavy atom. The average molecular weight is 145 g/mol. The molecule has 1 N–H and O–H groups in total. The van der Waals surface area contributed by atoms with Gasteiger partial charge in [-0.05, 0) is 18.6 Å². The van der Waals surface area contributed by atoms with Gasteiger partial charge in [0.1, 0.15) is 0 Å². The highest BCUT2D eigenvalue weighted by atomic mass is 14.9. The number of allylic oxidation sites excluding steroid dienone is 1. The van der Waals surface area contributed by atoms with Gasteiger partial charge in [-0.15, -0.1) is 0 Å². The molecular weight excluding hydrogens is 134 g/mol. The van der Waals surface area contributed by atoms with Crippen LogP contribution in [0.15, 0.2) is 30.3 Å². The van der Waals surface area contributed by atoms with Crippen molar-refractivity contribution in [1.82, 2.24) is 0 Å². The summed E-state index contributed by atoms with van der Waals surface area (Å²) in [6.45, 7) is 3.06. The third-order valence-corrected chi connectivity index (χ3v) is 2.09. The first-order valence-electron chi connectivity index (χ1n) is 3.90. The highest BCUT2D eigenvalue weighted by Gasteiger charge is 2.12. The highest BCUT2D eigenvalue weighted by Crippen LogP contribution is 2.29. The van der Waals surface area contributed by atoms with Gasteiger partial charge in [-0.2, -0.15) is 0 Å². The quantitative estimate of drug-likeness (QED) is 0.591. The second-order valence-electron chi connectivity index (χ2n) is 2.71. The van der Waals surface area contributed by atoms with Crippen LogP contribution in [-0.4, -0.2) is 6.54 Å². The number of fused-ring (bicyclic) bond motifs is 1. The fourth-order valence-electron chi connectivity index (χ4n) is 1.46. The largest absolute Gasteiger partial charge is 0.380 e. The Morgan fingerprint density at radius 1 is 1.36 bits per heavy atom. The van der Waals surface area contributed by atoms with Crippen LogP contribution in [0.2, 0.25) is 0 Å². The van der Waals surface area contributed by atoms with Crippen molar-refractivity contribution in [2.24, 2.45) is 0 Å². The zero-order valence-corrected chi connectivity index (χ0v) is 6.59. The van der Waals surface area contributed by atoms with Crippen LogP contribution in [0, 0.1) is 0 Å². The van der Waals surface area contributed by atoms with Crippen LogP contribution in [-0.2, 0) is 0 Å². The predicted molar refractivity (Wildman–Crippen MR) is 48.6 cm³/mol. The first kappa shape index (κ1) is 6.47. The van der Waals surface area contributed by atoms with E-state index >= 15 is 0 Å². The van der Waals surface area contributed by atoms with E-state index in [-0.39, 0.29) is 0 Å². The minimum atomic E-state index is 0.982. The Hall–Kier alpha value is -1.24. The van der Waals surface area contributed by atoms with E-state index in [1.165, 1.54) is 16.8 Å². The molecule has 1 aliphatic heterocycles. The SMILES string of the molecule is C/C=C1\CNc2ccccc21. The molecule has 1 aliphatic rings. The molecule has 11 heavy (non-hydrogen) atoms. The molecule has 0 radical (unpaired) electrons. The molecule has 1 aromatic carbocycles. The summed E-state index contributed by atoms with van der Waals surface area (Å²) in [5.41, 5.74) is 4.02. The molecular formula is C10H11N. The van der Waals surface area contributed by atoms with Gasteiger partial charge in [0.25, 0.3) is 0 Å². The fourth-order valence-corrected chi connectivity index (χ4v) is 1.46. The van der Waals surface area contributed by atoms with Crippen molar-refractivity contribution in [3.05, 3.63) is 35.9 Å². The molecule has 1 heterocycles. The van der Waals surface area contributed by atoms with E-state index in [2.05, 4.69) is 42.6 Å². The summed E-state index contributed by atoms with van der Waals surface area (Å²) in [6, 6.07) is 8.41. The van der Waals surface area contributed by atoms with Crippen molar-refractivity contribution in [3.8, 4) is 0 Å². The monoisotopic (exact) mass is 145 g/mol. The third kappa shape index (κ3) is 0.929. The van der Waals surface area contributed by atoms with Crippen LogP contribution < -0.4 is 5.32 Å². The van der Waals surface area contributed by atoms with Crippen LogP contribution in [0.5, 0.6) is 0 Å². The van der Waals surface area contributed by atoms with Crippen LogP contribution in [0.1, 0.15) is 12.5 Å². The van der Waals surface area contributed by atoms with Gasteiger partial charge in [0, 0.05) is 17.8 Å². The van der Waals surface area contributed by atoms with Crippen molar-refractivity contribution in [2.45, 2.75) is 6.92 Å². The molecule has 0 fully saturated rings. The van der Waals surface area contributed by atoms with E-state index in [4.69, 9.17) is 0 Å². The van der Waals surface area contributed by atoms with Crippen LogP contribution in [0.3, 0.4) is 0 Å². The van der Waals surface area contributed by atoms with Gasteiger partial charge in [-0.25, -0.2) is 0 Å². The van der Waals surface area contributed by atoms with E-state index in [9.17, 15) is 0 Å². The van der Waals surface area contributed by atoms with Gasteiger partial charge < -0.3 is 5.32 Å². The molecule has 1 heteroatoms. The van der Waals surface area contributed by atoms with Crippen LogP contribution in [0.4, 0.5) is 5.69 Å². The van der Waals surface area contributed by atoms with Crippen molar-refractivity contribution < 1.29 is 0 Å². The van der Waals surface area contributed by atoms with Gasteiger partial charge in [0.05, 0.1) is 0 Å². The minimum Gasteiger partial charge on any atom is -0.380 e. The molecule has 2 rings (SSSR count). The smallest absolute Gasteiger partial charge is 0.0419 e. The van der Waals surface area contributed by atoms with Gasteiger partial charge in [-0.1, -0.05) is 24.3 Å². The molecule has 0 amide bonds. The van der Waals surface area contributed by atoms with Crippen molar-refractivity contribution in [1.29, 1.82) is 0 Å². The Bertz CT molecular complexity index is 299. The summed E-state index contributed by atoms with van der Waals surface area (Å²) in [5, 5.41) is 3.33. The summed E-state index contributed by atoms with van der Waals surface area (Å²) in [7, 11) is 0. The molecule has 1 nitrogen and oxygen atoms in total. The second kappa shape index (κ2) is 2.42. The van der Waals surface area contributed by atoms with Gasteiger partial charge in [0.2, 0.25) is 0 Å². The maximum atomic E-state index is 3.33. The number of hydrogen-bond acceptors (Lipinski definition) is 1. The van der Waals surface area contributed by atoms with E-state index in [0.717, 1.165) is 6.54 Å². The molecule has 0 spiro atoms. The Morgan fingerprint density at radius 2 is 2.18 bits per heavy atom. The summed E-state index contributed by atoms with van der Waals surface area (Å²) in [6.07, 6.45) is 2.17. The molecule has 0 aliphatic carbocycles. The molecule has 0 bridgehead atoms. The molecule has 0 aromatic heterocycles. The summed E-state index contributed by atoms with van der Waals surface area (Å²) in [4.78, 5) is 0. The lowest BCUT2D eigenvalue weighted by molar-refractivity contribution is 1.44. The summed E-state index contributed by atoms with van der Waals surface area (Å²) < 4.78 is 0. The third-order valence-electron chi connectivity index (χ3n) is 2.09. The van der Waals surface area contributed by atoms with Crippen molar-refractivity contribution in [3.63, 3.8) is 0 Å². The summed E-state index contributed by atoms with van der Waals surface area (Å²) >= 11 is 0. The van der Waals surface area contributed by atoms with Gasteiger partial charge >= 0.3 is 0 Å². The van der Waals surface area contributed by atoms with E-state index in [1.54, 1.807) is 0 Å². The zero-order chi connectivity index (χ0) is 7.68. The Balaban J connectivity index is 2.55. The minimum absolute atomic E-state index is 0.982. The van der Waals surface area contributed by atoms with Gasteiger partial charge in [-0.3, -0.25) is 0 Å². The zero-order valence-electron chi connectivity index (χ0n) is 6.59. The first-order chi connectivity index (χ1) is 5.42. The number of anilines is 1. The second-order valence-corrected chi connectivity index (χ2v) is 2.71. The van der Waals surface area contributed by atoms with Crippen LogP contribution >= 0.6 is 0 Å². The maximum absolute atomic E-state index is 3.33. The predicted octanol–water partition coefficient (Wildman–Crippen LogP) is 2.52. The van der Waals surface area contributed by atoms with E-state index in [1.807, 2.05) is 0 Å². The number of nitrogens with one attached hydrogen (secondary N) is 1. The molecule has 56 valence electrons. The average Bonchev–Trinajstić information content (AvgIpc) is 2.47. The fraction of sp³-hybridized carbons (Fsp3) is 0.200. The lowest BCUT2D eigenvalue weighted by atomic mass is 10.1. The number of rotatable bonds is 0. The first-order valence-corrected chi connectivity index (χ1v) is 3.90. The molecule has 0 saturated heterocycles. The lowest BCUT2D eigenvalue weighted by Gasteiger charge is -1.95. The lowest BCUT2D eigenvalue weighted by Crippen LogP contribution is -1.90. The number of benzene rings is 1. The standard InChI is InChI=1S/C10H11N/c1-2-8-7-11-10-6-4-3-5-9(8)10/h2-6,11H,7H2,1H3/b8-2+. The van der Waals surface area contributed by atoms with E-state index in [0.29, 0.717) is 0 Å². The normalized spacial score (nSPS) is 18.1. The van der Waals surface area contributed by atoms with Crippen molar-refractivity contribution in [2.75, 3.05) is 11.9 Å². The van der Waals surface area contributed by atoms with Crippen LogP contribution in [0.25, 0.3) is 5.57 Å². The number of hydrogen-bond donors (Lipinski definition) is 1.